The molecule has 0 N–H and O–H groups in total. The van der Waals surface area contributed by atoms with Crippen LogP contribution >= 0.6 is 7.82 Å². The number of hydrogen-bond donors (Lipinski definition) is 0. The number of unbranched alkanes of at least 4 members (excludes halogenated alkanes) is 4. The van der Waals surface area contributed by atoms with Gasteiger partial charge in [-0.05, 0) is 45.4 Å². The van der Waals surface area contributed by atoms with Crippen molar-refractivity contribution in [3.05, 3.63) is 25.3 Å². The van der Waals surface area contributed by atoms with Crippen molar-refractivity contribution in [1.29, 1.82) is 0 Å². The SMILES string of the molecule is C=CC(=O)OCCCCCOP(=O)(OCC)OCCCCCOC(=O)C=C. The van der Waals surface area contributed by atoms with Crippen LogP contribution in [0.5, 0.6) is 0 Å². The largest absolute Gasteiger partial charge is 0.474 e. The minimum absolute atomic E-state index is 0.215. The number of carbonyl (C=O) groups excluding carboxylic acids is 2. The van der Waals surface area contributed by atoms with Crippen molar-refractivity contribution in [2.75, 3.05) is 33.0 Å². The molecule has 156 valence electrons. The van der Waals surface area contributed by atoms with E-state index in [9.17, 15) is 14.2 Å². The minimum atomic E-state index is -3.57. The Morgan fingerprint density at radius 1 is 0.741 bits per heavy atom. The van der Waals surface area contributed by atoms with Gasteiger partial charge in [0.15, 0.2) is 0 Å². The van der Waals surface area contributed by atoms with E-state index >= 15 is 0 Å². The Bertz CT molecular complexity index is 454. The minimum Gasteiger partial charge on any atom is -0.463 e. The van der Waals surface area contributed by atoms with E-state index in [1.165, 1.54) is 0 Å². The molecule has 0 fully saturated rings. The van der Waals surface area contributed by atoms with E-state index in [0.717, 1.165) is 25.0 Å². The van der Waals surface area contributed by atoms with Crippen LogP contribution in [0.4, 0.5) is 0 Å². The molecule has 0 aromatic heterocycles. The lowest BCUT2D eigenvalue weighted by Crippen LogP contribution is -2.05. The first-order valence-corrected chi connectivity index (χ1v) is 10.6. The van der Waals surface area contributed by atoms with E-state index in [1.54, 1.807) is 6.92 Å². The van der Waals surface area contributed by atoms with Crippen molar-refractivity contribution in [2.24, 2.45) is 0 Å². The summed E-state index contributed by atoms with van der Waals surface area (Å²) in [7, 11) is -3.57. The Morgan fingerprint density at radius 2 is 1.15 bits per heavy atom. The summed E-state index contributed by atoms with van der Waals surface area (Å²) in [6.45, 7) is 9.63. The monoisotopic (exact) mass is 406 g/mol. The zero-order valence-electron chi connectivity index (χ0n) is 16.1. The second-order valence-corrected chi connectivity index (χ2v) is 7.07. The second kappa shape index (κ2) is 16.7. The van der Waals surface area contributed by atoms with Gasteiger partial charge in [0.05, 0.1) is 33.0 Å². The lowest BCUT2D eigenvalue weighted by atomic mass is 10.2. The van der Waals surface area contributed by atoms with Crippen LogP contribution in [-0.2, 0) is 37.2 Å². The lowest BCUT2D eigenvalue weighted by Gasteiger charge is -2.17. The molecule has 0 saturated carbocycles. The molecule has 0 aliphatic carbocycles. The van der Waals surface area contributed by atoms with Crippen LogP contribution in [0.25, 0.3) is 0 Å². The number of esters is 2. The molecule has 0 bridgehead atoms. The molecule has 0 aliphatic rings. The van der Waals surface area contributed by atoms with Crippen molar-refractivity contribution < 1.29 is 37.2 Å². The highest BCUT2D eigenvalue weighted by Crippen LogP contribution is 2.49. The Kier molecular flexibility index (Phi) is 15.8. The summed E-state index contributed by atoms with van der Waals surface area (Å²) in [5.41, 5.74) is 0. The van der Waals surface area contributed by atoms with Gasteiger partial charge in [-0.15, -0.1) is 0 Å². The van der Waals surface area contributed by atoms with Crippen LogP contribution in [0.1, 0.15) is 45.4 Å². The number of hydrogen-bond acceptors (Lipinski definition) is 8. The van der Waals surface area contributed by atoms with Gasteiger partial charge in [-0.1, -0.05) is 13.2 Å². The Balaban J connectivity index is 3.82. The molecule has 0 spiro atoms. The summed E-state index contributed by atoms with van der Waals surface area (Å²) in [4.78, 5) is 21.7. The van der Waals surface area contributed by atoms with Gasteiger partial charge in [-0.25, -0.2) is 14.2 Å². The number of ether oxygens (including phenoxy) is 2. The highest BCUT2D eigenvalue weighted by atomic mass is 31.2. The van der Waals surface area contributed by atoms with E-state index in [0.29, 0.717) is 38.9 Å². The molecule has 0 heterocycles. The Labute approximate surface area is 161 Å². The lowest BCUT2D eigenvalue weighted by molar-refractivity contribution is -0.138. The molecule has 0 amide bonds. The molecule has 0 unspecified atom stereocenters. The molecule has 0 rings (SSSR count). The Morgan fingerprint density at radius 3 is 1.52 bits per heavy atom. The van der Waals surface area contributed by atoms with Crippen LogP contribution < -0.4 is 0 Å². The molecule has 0 aromatic rings. The van der Waals surface area contributed by atoms with Crippen LogP contribution in [0, 0.1) is 0 Å². The molecular formula is C18H31O8P. The molecular weight excluding hydrogens is 375 g/mol. The predicted molar refractivity (Wildman–Crippen MR) is 101 cm³/mol. The summed E-state index contributed by atoms with van der Waals surface area (Å²) >= 11 is 0. The number of carbonyl (C=O) groups is 2. The maximum absolute atomic E-state index is 12.4. The smallest absolute Gasteiger partial charge is 0.463 e. The number of rotatable bonds is 18. The summed E-state index contributed by atoms with van der Waals surface area (Å²) in [5.74, 6) is -0.890. The van der Waals surface area contributed by atoms with Gasteiger partial charge in [-0.2, -0.15) is 0 Å². The third-order valence-corrected chi connectivity index (χ3v) is 4.76. The van der Waals surface area contributed by atoms with Crippen LogP contribution in [0.3, 0.4) is 0 Å². The average molecular weight is 406 g/mol. The first kappa shape index (κ1) is 25.5. The maximum Gasteiger partial charge on any atom is 0.474 e. The molecule has 9 heteroatoms. The van der Waals surface area contributed by atoms with Crippen molar-refractivity contribution in [1.82, 2.24) is 0 Å². The molecule has 0 radical (unpaired) electrons. The highest BCUT2D eigenvalue weighted by molar-refractivity contribution is 7.48. The van der Waals surface area contributed by atoms with Crippen LogP contribution in [-0.4, -0.2) is 45.0 Å². The third-order valence-electron chi connectivity index (χ3n) is 3.19. The summed E-state index contributed by atoms with van der Waals surface area (Å²) in [6, 6.07) is 0. The van der Waals surface area contributed by atoms with E-state index in [-0.39, 0.29) is 19.8 Å². The first-order chi connectivity index (χ1) is 13.0. The highest BCUT2D eigenvalue weighted by Gasteiger charge is 2.25. The van der Waals surface area contributed by atoms with Crippen LogP contribution in [0.15, 0.2) is 25.3 Å². The third kappa shape index (κ3) is 15.3. The second-order valence-electron chi connectivity index (χ2n) is 5.40. The fraction of sp³-hybridized carbons (Fsp3) is 0.667. The van der Waals surface area contributed by atoms with Crippen molar-refractivity contribution in [3.8, 4) is 0 Å². The van der Waals surface area contributed by atoms with E-state index in [2.05, 4.69) is 13.2 Å². The fourth-order valence-electron chi connectivity index (χ4n) is 1.85. The summed E-state index contributed by atoms with van der Waals surface area (Å²) in [6.07, 6.45) is 6.37. The van der Waals surface area contributed by atoms with Gasteiger partial charge in [0.25, 0.3) is 0 Å². The van der Waals surface area contributed by atoms with Crippen molar-refractivity contribution in [3.63, 3.8) is 0 Å². The zero-order chi connectivity index (χ0) is 20.4. The van der Waals surface area contributed by atoms with E-state index < -0.39 is 19.8 Å². The van der Waals surface area contributed by atoms with Gasteiger partial charge < -0.3 is 9.47 Å². The number of phosphoric acid groups is 1. The van der Waals surface area contributed by atoms with Crippen LogP contribution in [0.2, 0.25) is 0 Å². The topological polar surface area (TPSA) is 97.4 Å². The van der Waals surface area contributed by atoms with Gasteiger partial charge in [0.2, 0.25) is 0 Å². The molecule has 0 aliphatic heterocycles. The fourth-order valence-corrected chi connectivity index (χ4v) is 3.09. The first-order valence-electron chi connectivity index (χ1n) is 9.09. The quantitative estimate of drug-likeness (QED) is 0.146. The van der Waals surface area contributed by atoms with Crippen molar-refractivity contribution in [2.45, 2.75) is 45.4 Å². The molecule has 0 aromatic carbocycles. The molecule has 0 saturated heterocycles. The standard InChI is InChI=1S/C18H31O8P/c1-4-17(19)22-13-9-7-11-15-25-27(21,24-6-3)26-16-12-8-10-14-23-18(20)5-2/h4-5H,1-2,6-16H2,3H3. The zero-order valence-corrected chi connectivity index (χ0v) is 17.0. The number of phosphoric ester groups is 1. The van der Waals surface area contributed by atoms with Gasteiger partial charge >= 0.3 is 19.8 Å². The maximum atomic E-state index is 12.4. The average Bonchev–Trinajstić information content (AvgIpc) is 2.66. The molecule has 8 nitrogen and oxygen atoms in total. The molecule has 0 atom stereocenters. The summed E-state index contributed by atoms with van der Waals surface area (Å²) < 4.78 is 37.9. The van der Waals surface area contributed by atoms with E-state index in [4.69, 9.17) is 23.0 Å². The van der Waals surface area contributed by atoms with Gasteiger partial charge in [0.1, 0.15) is 0 Å². The van der Waals surface area contributed by atoms with Gasteiger partial charge in [0, 0.05) is 12.2 Å². The predicted octanol–water partition coefficient (Wildman–Crippen LogP) is 3.96. The summed E-state index contributed by atoms with van der Waals surface area (Å²) in [5, 5.41) is 0. The molecule has 27 heavy (non-hydrogen) atoms. The van der Waals surface area contributed by atoms with Gasteiger partial charge in [-0.3, -0.25) is 13.6 Å². The van der Waals surface area contributed by atoms with E-state index in [1.807, 2.05) is 0 Å². The normalized spacial score (nSPS) is 11.0. The van der Waals surface area contributed by atoms with Crippen molar-refractivity contribution >= 4 is 19.8 Å². The Hall–Kier alpha value is -1.47.